The Morgan fingerprint density at radius 2 is 2.09 bits per heavy atom. The van der Waals surface area contributed by atoms with Gasteiger partial charge in [-0.1, -0.05) is 63.9 Å². The number of carbonyl (C=O) groups is 1. The average Bonchev–Trinajstić information content (AvgIpc) is 3.20. The minimum absolute atomic E-state index is 0.122. The van der Waals surface area contributed by atoms with E-state index >= 15 is 0 Å². The number of anilines is 1. The second-order valence-corrected chi connectivity index (χ2v) is 11.0. The molecule has 5 rings (SSSR count). The number of halogens is 3. The predicted octanol–water partition coefficient (Wildman–Crippen LogP) is 7.06. The second kappa shape index (κ2) is 9.93. The van der Waals surface area contributed by atoms with Crippen molar-refractivity contribution >= 4 is 62.6 Å². The molecule has 1 aromatic heterocycles. The maximum atomic E-state index is 13.2. The predicted molar refractivity (Wildman–Crippen MR) is 139 cm³/mol. The number of hydrogen-bond acceptors (Lipinski definition) is 6. The largest absolute Gasteiger partial charge is 0.488 e. The Balaban J connectivity index is 1.59. The third-order valence-electron chi connectivity index (χ3n) is 5.79. The molecule has 2 aliphatic rings. The highest BCUT2D eigenvalue weighted by atomic mass is 79.9. The second-order valence-electron chi connectivity index (χ2n) is 8.00. The van der Waals surface area contributed by atoms with Gasteiger partial charge in [-0.3, -0.25) is 4.79 Å². The quantitative estimate of drug-likeness (QED) is 0.315. The smallest absolute Gasteiger partial charge is 0.227 e. The van der Waals surface area contributed by atoms with Gasteiger partial charge in [0.25, 0.3) is 0 Å². The van der Waals surface area contributed by atoms with Crippen molar-refractivity contribution in [1.29, 1.82) is 0 Å². The van der Waals surface area contributed by atoms with Gasteiger partial charge in [-0.15, -0.1) is 5.10 Å². The summed E-state index contributed by atoms with van der Waals surface area (Å²) in [6, 6.07) is 10.7. The van der Waals surface area contributed by atoms with Crippen LogP contribution in [-0.4, -0.2) is 26.3 Å². The molecule has 1 N–H and O–H groups in total. The number of rotatable bonds is 6. The lowest BCUT2D eigenvalue weighted by molar-refractivity contribution is -0.116. The number of aromatic nitrogens is 3. The maximum Gasteiger partial charge on any atom is 0.227 e. The Morgan fingerprint density at radius 1 is 1.24 bits per heavy atom. The van der Waals surface area contributed by atoms with Crippen LogP contribution in [0.2, 0.25) is 10.0 Å². The molecule has 6 nitrogen and oxygen atoms in total. The molecule has 176 valence electrons. The molecule has 0 amide bonds. The maximum absolute atomic E-state index is 13.2. The molecule has 0 spiro atoms. The number of Topliss-reactive ketones (excluding diaryl/α,β-unsaturated/α-hetero) is 1. The van der Waals surface area contributed by atoms with Crippen LogP contribution in [0.25, 0.3) is 0 Å². The topological polar surface area (TPSA) is 69.0 Å². The molecule has 0 saturated carbocycles. The number of ether oxygens (including phenoxy) is 1. The van der Waals surface area contributed by atoms with Gasteiger partial charge < -0.3 is 10.1 Å². The first kappa shape index (κ1) is 23.7. The standard InChI is InChI=1S/C24H21BrCl2N4O2S/c1-2-34-24-29-23-28-18-4-3-5-19(32)21(18)22(31(23)30-24)16-10-14(25)7-9-20(16)33-12-13-6-8-15(26)11-17(13)27/h6-11,22H,2-5,12H2,1H3,(H,28,29,30). The van der Waals surface area contributed by atoms with Crippen LogP contribution in [0.4, 0.5) is 5.95 Å². The SMILES string of the molecule is CCSc1nc2n(n1)C(c1cc(Br)ccc1OCc1ccc(Cl)cc1Cl)C1=C(CCCC1=O)N2. The zero-order valence-corrected chi connectivity index (χ0v) is 22.2. The first-order chi connectivity index (χ1) is 16.4. The van der Waals surface area contributed by atoms with Crippen LogP contribution in [0.5, 0.6) is 5.75 Å². The van der Waals surface area contributed by atoms with Gasteiger partial charge in [0, 0.05) is 43.3 Å². The fraction of sp³-hybridized carbons (Fsp3) is 0.292. The molecule has 34 heavy (non-hydrogen) atoms. The van der Waals surface area contributed by atoms with Crippen molar-refractivity contribution in [1.82, 2.24) is 14.8 Å². The normalized spacial score (nSPS) is 17.3. The molecule has 0 bridgehead atoms. The number of fused-ring (bicyclic) bond motifs is 1. The van der Waals surface area contributed by atoms with E-state index in [2.05, 4.69) is 33.2 Å². The number of nitrogens with zero attached hydrogens (tertiary/aromatic N) is 3. The molecule has 1 aliphatic heterocycles. The van der Waals surface area contributed by atoms with Crippen LogP contribution >= 0.6 is 50.9 Å². The van der Waals surface area contributed by atoms with Crippen LogP contribution in [-0.2, 0) is 11.4 Å². The highest BCUT2D eigenvalue weighted by Gasteiger charge is 2.38. The lowest BCUT2D eigenvalue weighted by Gasteiger charge is -2.33. The van der Waals surface area contributed by atoms with Gasteiger partial charge >= 0.3 is 0 Å². The fourth-order valence-electron chi connectivity index (χ4n) is 4.27. The van der Waals surface area contributed by atoms with Crippen molar-refractivity contribution in [2.24, 2.45) is 0 Å². The lowest BCUT2D eigenvalue weighted by Crippen LogP contribution is -2.31. The zero-order valence-electron chi connectivity index (χ0n) is 18.3. The molecule has 10 heteroatoms. The minimum atomic E-state index is -0.439. The molecule has 3 aromatic rings. The summed E-state index contributed by atoms with van der Waals surface area (Å²) in [6.07, 6.45) is 2.13. The Labute approximate surface area is 220 Å². The summed E-state index contributed by atoms with van der Waals surface area (Å²) in [7, 11) is 0. The Hall–Kier alpha value is -2.00. The van der Waals surface area contributed by atoms with E-state index in [4.69, 9.17) is 33.0 Å². The van der Waals surface area contributed by atoms with E-state index in [1.165, 1.54) is 0 Å². The Morgan fingerprint density at radius 3 is 2.88 bits per heavy atom. The van der Waals surface area contributed by atoms with Gasteiger partial charge in [0.1, 0.15) is 18.4 Å². The van der Waals surface area contributed by atoms with E-state index in [1.54, 1.807) is 23.9 Å². The minimum Gasteiger partial charge on any atom is -0.488 e. The summed E-state index contributed by atoms with van der Waals surface area (Å²) < 4.78 is 8.96. The van der Waals surface area contributed by atoms with E-state index in [0.29, 0.717) is 33.3 Å². The molecule has 0 fully saturated rings. The lowest BCUT2D eigenvalue weighted by atomic mass is 9.85. The summed E-state index contributed by atoms with van der Waals surface area (Å²) in [5.41, 5.74) is 3.30. The first-order valence-corrected chi connectivity index (χ1v) is 13.5. The van der Waals surface area contributed by atoms with Gasteiger partial charge in [-0.05, 0) is 48.9 Å². The molecule has 1 aliphatic carbocycles. The van der Waals surface area contributed by atoms with E-state index in [9.17, 15) is 4.79 Å². The van der Waals surface area contributed by atoms with Gasteiger partial charge in [-0.25, -0.2) is 4.68 Å². The van der Waals surface area contributed by atoms with Crippen molar-refractivity contribution in [2.45, 2.75) is 44.0 Å². The summed E-state index contributed by atoms with van der Waals surface area (Å²) in [6.45, 7) is 2.32. The molecular weight excluding hydrogens is 559 g/mol. The number of ketones is 1. The fourth-order valence-corrected chi connectivity index (χ4v) is 5.67. The molecule has 0 saturated heterocycles. The van der Waals surface area contributed by atoms with E-state index < -0.39 is 6.04 Å². The number of benzene rings is 2. The van der Waals surface area contributed by atoms with E-state index in [-0.39, 0.29) is 12.4 Å². The highest BCUT2D eigenvalue weighted by Crippen LogP contribution is 2.44. The monoisotopic (exact) mass is 578 g/mol. The number of carbonyl (C=O) groups excluding carboxylic acids is 1. The molecule has 2 heterocycles. The molecule has 1 atom stereocenters. The van der Waals surface area contributed by atoms with Gasteiger partial charge in [-0.2, -0.15) is 4.98 Å². The van der Waals surface area contributed by atoms with Gasteiger partial charge in [0.15, 0.2) is 5.78 Å². The zero-order chi connectivity index (χ0) is 23.8. The molecule has 0 radical (unpaired) electrons. The summed E-state index contributed by atoms with van der Waals surface area (Å²) in [4.78, 5) is 17.8. The number of nitrogens with one attached hydrogen (secondary N) is 1. The van der Waals surface area contributed by atoms with Crippen molar-refractivity contribution in [3.63, 3.8) is 0 Å². The van der Waals surface area contributed by atoms with Crippen LogP contribution < -0.4 is 10.1 Å². The summed E-state index contributed by atoms with van der Waals surface area (Å²) in [5, 5.41) is 9.90. The summed E-state index contributed by atoms with van der Waals surface area (Å²) in [5.74, 6) is 2.27. The van der Waals surface area contributed by atoms with E-state index in [0.717, 1.165) is 45.5 Å². The average molecular weight is 580 g/mol. The van der Waals surface area contributed by atoms with Gasteiger partial charge in [0.05, 0.1) is 0 Å². The van der Waals surface area contributed by atoms with Crippen LogP contribution in [0.15, 0.2) is 57.3 Å². The van der Waals surface area contributed by atoms with Crippen molar-refractivity contribution in [3.05, 3.63) is 73.3 Å². The van der Waals surface area contributed by atoms with Crippen LogP contribution in [0.1, 0.15) is 43.4 Å². The third kappa shape index (κ3) is 4.61. The number of allylic oxidation sites excluding steroid dienone is 2. The molecular formula is C24H21BrCl2N4O2S. The van der Waals surface area contributed by atoms with Crippen LogP contribution in [0, 0.1) is 0 Å². The summed E-state index contributed by atoms with van der Waals surface area (Å²) >= 11 is 17.6. The highest BCUT2D eigenvalue weighted by molar-refractivity contribution is 9.10. The van der Waals surface area contributed by atoms with Crippen LogP contribution in [0.3, 0.4) is 0 Å². The van der Waals surface area contributed by atoms with Crippen molar-refractivity contribution in [3.8, 4) is 5.75 Å². The molecule has 1 unspecified atom stereocenters. The number of thioether (sulfide) groups is 1. The Kier molecular flexibility index (Phi) is 6.93. The van der Waals surface area contributed by atoms with Gasteiger partial charge in [0.2, 0.25) is 11.1 Å². The molecule has 2 aromatic carbocycles. The first-order valence-electron chi connectivity index (χ1n) is 10.9. The van der Waals surface area contributed by atoms with Crippen molar-refractivity contribution in [2.75, 3.05) is 11.1 Å². The third-order valence-corrected chi connectivity index (χ3v) is 7.59. The number of hydrogen-bond donors (Lipinski definition) is 1. The van der Waals surface area contributed by atoms with Crippen molar-refractivity contribution < 1.29 is 9.53 Å². The van der Waals surface area contributed by atoms with E-state index in [1.807, 2.05) is 28.9 Å². The Bertz CT molecular complexity index is 1310.